The zero-order valence-electron chi connectivity index (χ0n) is 21.2. The van der Waals surface area contributed by atoms with Gasteiger partial charge in [0.15, 0.2) is 0 Å². The average molecular weight is 528 g/mol. The molecule has 0 bridgehead atoms. The highest BCUT2D eigenvalue weighted by molar-refractivity contribution is 5.79. The van der Waals surface area contributed by atoms with Crippen molar-refractivity contribution < 1.29 is 32.5 Å². The van der Waals surface area contributed by atoms with Crippen LogP contribution in [0.15, 0.2) is 78.9 Å². The SMILES string of the molecule is COc1ccc(CN2C(=O)C[C@@H](OCc3ccccc3)[C@@H]2CC[C@H](O)Cc2cccc(C(F)(F)F)c2)cc1. The second kappa shape index (κ2) is 12.5. The van der Waals surface area contributed by atoms with Gasteiger partial charge in [0.2, 0.25) is 5.91 Å². The van der Waals surface area contributed by atoms with Crippen LogP contribution >= 0.6 is 0 Å². The number of nitrogens with zero attached hydrogens (tertiary/aromatic N) is 1. The number of benzene rings is 3. The maximum absolute atomic E-state index is 13.1. The smallest absolute Gasteiger partial charge is 0.416 e. The lowest BCUT2D eigenvalue weighted by Crippen LogP contribution is -2.38. The summed E-state index contributed by atoms with van der Waals surface area (Å²) in [7, 11) is 1.59. The maximum Gasteiger partial charge on any atom is 0.416 e. The summed E-state index contributed by atoms with van der Waals surface area (Å²) in [5.41, 5.74) is 1.62. The Kier molecular flexibility index (Phi) is 9.07. The Hall–Kier alpha value is -3.36. The minimum Gasteiger partial charge on any atom is -0.497 e. The van der Waals surface area contributed by atoms with E-state index in [1.807, 2.05) is 54.6 Å². The third kappa shape index (κ3) is 7.36. The van der Waals surface area contributed by atoms with Gasteiger partial charge in [0.1, 0.15) is 5.75 Å². The van der Waals surface area contributed by atoms with Crippen molar-refractivity contribution in [3.63, 3.8) is 0 Å². The van der Waals surface area contributed by atoms with Gasteiger partial charge < -0.3 is 19.5 Å². The van der Waals surface area contributed by atoms with Crippen LogP contribution in [0.2, 0.25) is 0 Å². The van der Waals surface area contributed by atoms with E-state index < -0.39 is 17.8 Å². The molecule has 38 heavy (non-hydrogen) atoms. The highest BCUT2D eigenvalue weighted by atomic mass is 19.4. The fourth-order valence-electron chi connectivity index (χ4n) is 4.85. The molecule has 5 nitrogen and oxygen atoms in total. The summed E-state index contributed by atoms with van der Waals surface area (Å²) in [6.45, 7) is 0.751. The van der Waals surface area contributed by atoms with E-state index in [-0.39, 0.29) is 30.9 Å². The molecule has 1 aliphatic rings. The van der Waals surface area contributed by atoms with Gasteiger partial charge >= 0.3 is 6.18 Å². The highest BCUT2D eigenvalue weighted by Gasteiger charge is 2.40. The van der Waals surface area contributed by atoms with E-state index >= 15 is 0 Å². The normalized spacial score (nSPS) is 18.6. The summed E-state index contributed by atoms with van der Waals surface area (Å²) >= 11 is 0. The molecule has 3 aromatic carbocycles. The molecule has 3 aromatic rings. The van der Waals surface area contributed by atoms with Crippen molar-refractivity contribution in [3.05, 3.63) is 101 Å². The average Bonchev–Trinajstić information content (AvgIpc) is 3.20. The molecule has 0 radical (unpaired) electrons. The Labute approximate surface area is 220 Å². The molecule has 1 saturated heterocycles. The number of aliphatic hydroxyl groups is 1. The van der Waals surface area contributed by atoms with Crippen LogP contribution in [-0.4, -0.2) is 41.3 Å². The molecule has 8 heteroatoms. The lowest BCUT2D eigenvalue weighted by atomic mass is 9.98. The van der Waals surface area contributed by atoms with Crippen LogP contribution in [-0.2, 0) is 35.3 Å². The number of halogens is 3. The first-order valence-electron chi connectivity index (χ1n) is 12.6. The largest absolute Gasteiger partial charge is 0.497 e. The number of methoxy groups -OCH3 is 1. The first kappa shape index (κ1) is 27.7. The summed E-state index contributed by atoms with van der Waals surface area (Å²) in [6.07, 6.45) is -4.54. The summed E-state index contributed by atoms with van der Waals surface area (Å²) < 4.78 is 50.6. The molecule has 0 unspecified atom stereocenters. The highest BCUT2D eigenvalue weighted by Crippen LogP contribution is 2.31. The fraction of sp³-hybridized carbons (Fsp3) is 0.367. The molecule has 3 atom stereocenters. The van der Waals surface area contributed by atoms with E-state index in [2.05, 4.69) is 0 Å². The fourth-order valence-corrected chi connectivity index (χ4v) is 4.85. The number of likely N-dealkylation sites (tertiary alicyclic amines) is 1. The Morgan fingerprint density at radius 3 is 2.37 bits per heavy atom. The lowest BCUT2D eigenvalue weighted by Gasteiger charge is -2.29. The quantitative estimate of drug-likeness (QED) is 0.343. The van der Waals surface area contributed by atoms with Gasteiger partial charge in [0, 0.05) is 6.54 Å². The summed E-state index contributed by atoms with van der Waals surface area (Å²) in [5.74, 6) is 0.691. The molecule has 0 aliphatic carbocycles. The van der Waals surface area contributed by atoms with Gasteiger partial charge in [0.25, 0.3) is 0 Å². The molecule has 4 rings (SSSR count). The van der Waals surface area contributed by atoms with E-state index in [0.29, 0.717) is 31.6 Å². The molecule has 1 aliphatic heterocycles. The lowest BCUT2D eigenvalue weighted by molar-refractivity contribution is -0.137. The number of hydrogen-bond acceptors (Lipinski definition) is 4. The van der Waals surface area contributed by atoms with Gasteiger partial charge in [-0.25, -0.2) is 0 Å². The summed E-state index contributed by atoms with van der Waals surface area (Å²) in [4.78, 5) is 14.8. The predicted molar refractivity (Wildman–Crippen MR) is 137 cm³/mol. The van der Waals surface area contributed by atoms with Gasteiger partial charge in [-0.15, -0.1) is 0 Å². The number of carbonyl (C=O) groups is 1. The molecular weight excluding hydrogens is 495 g/mol. The van der Waals surface area contributed by atoms with Gasteiger partial charge in [-0.3, -0.25) is 4.79 Å². The topological polar surface area (TPSA) is 59.0 Å². The van der Waals surface area contributed by atoms with Crippen molar-refractivity contribution in [2.24, 2.45) is 0 Å². The number of hydrogen-bond donors (Lipinski definition) is 1. The van der Waals surface area contributed by atoms with Crippen LogP contribution in [0.3, 0.4) is 0 Å². The Bertz CT molecular complexity index is 1180. The minimum atomic E-state index is -4.43. The predicted octanol–water partition coefficient (Wildman–Crippen LogP) is 5.78. The third-order valence-electron chi connectivity index (χ3n) is 6.87. The standard InChI is InChI=1S/C30H32F3NO4/c1-37-26-13-10-21(11-14-26)19-34-27(28(18-29(34)36)38-20-22-6-3-2-4-7-22)15-12-25(35)17-23-8-5-9-24(16-23)30(31,32)33/h2-11,13-14,16,25,27-28,35H,12,15,17-20H2,1H3/t25-,27-,28+/m0/s1. The minimum absolute atomic E-state index is 0.0313. The van der Waals surface area contributed by atoms with Crippen LogP contribution in [0.4, 0.5) is 13.2 Å². The van der Waals surface area contributed by atoms with Crippen LogP contribution in [0, 0.1) is 0 Å². The van der Waals surface area contributed by atoms with Crippen molar-refractivity contribution in [2.45, 2.75) is 63.3 Å². The van der Waals surface area contributed by atoms with Crippen LogP contribution in [0.25, 0.3) is 0 Å². The van der Waals surface area contributed by atoms with E-state index in [9.17, 15) is 23.1 Å². The number of ether oxygens (including phenoxy) is 2. The number of alkyl halides is 3. The van der Waals surface area contributed by atoms with E-state index in [1.54, 1.807) is 18.1 Å². The van der Waals surface area contributed by atoms with E-state index in [0.717, 1.165) is 29.0 Å². The molecular formula is C30H32F3NO4. The Morgan fingerprint density at radius 2 is 1.68 bits per heavy atom. The first-order valence-corrected chi connectivity index (χ1v) is 12.6. The van der Waals surface area contributed by atoms with Crippen molar-refractivity contribution >= 4 is 5.91 Å². The van der Waals surface area contributed by atoms with Gasteiger partial charge in [0.05, 0.1) is 44.0 Å². The van der Waals surface area contributed by atoms with Crippen LogP contribution < -0.4 is 4.74 Å². The number of amides is 1. The molecule has 0 spiro atoms. The second-order valence-corrected chi connectivity index (χ2v) is 9.61. The van der Waals surface area contributed by atoms with Gasteiger partial charge in [-0.1, -0.05) is 60.7 Å². The second-order valence-electron chi connectivity index (χ2n) is 9.61. The Morgan fingerprint density at radius 1 is 0.974 bits per heavy atom. The van der Waals surface area contributed by atoms with E-state index in [1.165, 1.54) is 6.07 Å². The maximum atomic E-state index is 13.1. The Balaban J connectivity index is 1.44. The van der Waals surface area contributed by atoms with Crippen LogP contribution in [0.5, 0.6) is 5.75 Å². The summed E-state index contributed by atoms with van der Waals surface area (Å²) in [6, 6.07) is 21.9. The molecule has 1 amide bonds. The number of rotatable bonds is 11. The zero-order chi connectivity index (χ0) is 27.1. The van der Waals surface area contributed by atoms with Crippen molar-refractivity contribution in [1.29, 1.82) is 0 Å². The molecule has 202 valence electrons. The molecule has 1 fully saturated rings. The number of aliphatic hydroxyl groups excluding tert-OH is 1. The van der Waals surface area contributed by atoms with E-state index in [4.69, 9.17) is 9.47 Å². The monoisotopic (exact) mass is 527 g/mol. The van der Waals surface area contributed by atoms with Crippen molar-refractivity contribution in [1.82, 2.24) is 4.90 Å². The zero-order valence-corrected chi connectivity index (χ0v) is 21.2. The van der Waals surface area contributed by atoms with Crippen LogP contribution in [0.1, 0.15) is 41.5 Å². The first-order chi connectivity index (χ1) is 18.2. The van der Waals surface area contributed by atoms with Crippen molar-refractivity contribution in [2.75, 3.05) is 7.11 Å². The molecule has 1 N–H and O–H groups in total. The van der Waals surface area contributed by atoms with Crippen molar-refractivity contribution in [3.8, 4) is 5.75 Å². The third-order valence-corrected chi connectivity index (χ3v) is 6.87. The molecule has 1 heterocycles. The summed E-state index contributed by atoms with van der Waals surface area (Å²) in [5, 5.41) is 10.7. The molecule has 0 aromatic heterocycles. The van der Waals surface area contributed by atoms with Gasteiger partial charge in [-0.05, 0) is 54.2 Å². The van der Waals surface area contributed by atoms with Gasteiger partial charge in [-0.2, -0.15) is 13.2 Å². The molecule has 0 saturated carbocycles. The number of carbonyl (C=O) groups excluding carboxylic acids is 1.